The predicted molar refractivity (Wildman–Crippen MR) is 138 cm³/mol. The van der Waals surface area contributed by atoms with Crippen LogP contribution in [-0.2, 0) is 19.6 Å². The fraction of sp³-hybridized carbons (Fsp3) is 0.385. The molecule has 1 N–H and O–H groups in total. The number of rotatable bonds is 8. The molecular weight excluding hydrogens is 528 g/mol. The van der Waals surface area contributed by atoms with Crippen molar-refractivity contribution >= 4 is 38.8 Å². The number of nitrogens with one attached hydrogen (secondary N) is 1. The third kappa shape index (κ3) is 5.06. The number of aromatic nitrogens is 1. The molecule has 39 heavy (non-hydrogen) atoms. The Bertz CT molecular complexity index is 1510. The summed E-state index contributed by atoms with van der Waals surface area (Å²) in [5, 5.41) is 3.10. The highest BCUT2D eigenvalue weighted by Crippen LogP contribution is 2.34. The van der Waals surface area contributed by atoms with E-state index < -0.39 is 40.1 Å². The van der Waals surface area contributed by atoms with Crippen LogP contribution in [0.2, 0.25) is 0 Å². The largest absolute Gasteiger partial charge is 0.497 e. The highest BCUT2D eigenvalue weighted by molar-refractivity contribution is 7.89. The third-order valence-corrected chi connectivity index (χ3v) is 8.72. The lowest BCUT2D eigenvalue weighted by Gasteiger charge is -2.27. The van der Waals surface area contributed by atoms with Gasteiger partial charge in [-0.3, -0.25) is 9.59 Å². The number of likely N-dealkylation sites (tertiary alicyclic amines) is 1. The van der Waals surface area contributed by atoms with Crippen LogP contribution in [-0.4, -0.2) is 78.7 Å². The first-order valence-electron chi connectivity index (χ1n) is 12.5. The number of carbonyl (C=O) groups is 3. The summed E-state index contributed by atoms with van der Waals surface area (Å²) in [5.74, 6) is -0.285. The van der Waals surface area contributed by atoms with Gasteiger partial charge in [0.1, 0.15) is 23.4 Å². The minimum atomic E-state index is -4.02. The molecule has 2 aromatic heterocycles. The smallest absolute Gasteiger partial charge is 0.415 e. The van der Waals surface area contributed by atoms with Crippen molar-refractivity contribution < 1.29 is 36.7 Å². The van der Waals surface area contributed by atoms with Gasteiger partial charge in [0.25, 0.3) is 16.0 Å². The Morgan fingerprint density at radius 3 is 2.77 bits per heavy atom. The zero-order chi connectivity index (χ0) is 27.7. The average molecular weight is 557 g/mol. The highest BCUT2D eigenvalue weighted by Gasteiger charge is 2.54. The van der Waals surface area contributed by atoms with Gasteiger partial charge in [-0.25, -0.2) is 18.2 Å². The molecule has 4 heterocycles. The first-order chi connectivity index (χ1) is 18.7. The number of hydrogen-bond donors (Lipinski definition) is 1. The van der Waals surface area contributed by atoms with Crippen LogP contribution in [0, 0.1) is 0 Å². The number of benzene rings is 1. The molecule has 13 heteroatoms. The minimum Gasteiger partial charge on any atom is -0.497 e. The van der Waals surface area contributed by atoms with Gasteiger partial charge in [-0.1, -0.05) is 19.4 Å². The van der Waals surface area contributed by atoms with Crippen molar-refractivity contribution in [3.8, 4) is 11.7 Å². The van der Waals surface area contributed by atoms with Gasteiger partial charge in [-0.2, -0.15) is 4.31 Å². The first-order valence-corrected chi connectivity index (χ1v) is 14.0. The Hall–Kier alpha value is -3.97. The van der Waals surface area contributed by atoms with Gasteiger partial charge in [0.05, 0.1) is 19.7 Å². The number of carbonyl (C=O) groups excluding carboxylic acids is 3. The second kappa shape index (κ2) is 10.7. The number of Topliss-reactive ketones (excluding diaryl/α,β-unsaturated/α-hetero) is 1. The number of nitrogens with zero attached hydrogens (tertiary/aromatic N) is 3. The Kier molecular flexibility index (Phi) is 7.28. The van der Waals surface area contributed by atoms with Gasteiger partial charge < -0.3 is 24.1 Å². The summed E-state index contributed by atoms with van der Waals surface area (Å²) in [6.07, 6.45) is 1.63. The number of hydrogen-bond acceptors (Lipinski definition) is 9. The molecule has 0 spiro atoms. The highest BCUT2D eigenvalue weighted by atomic mass is 32.2. The van der Waals surface area contributed by atoms with Crippen molar-refractivity contribution in [1.82, 2.24) is 19.5 Å². The molecular formula is C26H28N4O8S. The molecule has 5 rings (SSSR count). The van der Waals surface area contributed by atoms with E-state index in [1.54, 1.807) is 30.3 Å². The predicted octanol–water partition coefficient (Wildman–Crippen LogP) is 2.34. The summed E-state index contributed by atoms with van der Waals surface area (Å²) >= 11 is 0. The zero-order valence-corrected chi connectivity index (χ0v) is 22.2. The zero-order valence-electron chi connectivity index (χ0n) is 21.4. The maximum absolute atomic E-state index is 13.5. The lowest BCUT2D eigenvalue weighted by atomic mass is 10.1. The molecule has 3 atom stereocenters. The molecule has 1 aromatic carbocycles. The molecule has 2 saturated heterocycles. The number of methoxy groups -OCH3 is 1. The van der Waals surface area contributed by atoms with Crippen LogP contribution < -0.4 is 14.8 Å². The molecule has 2 fully saturated rings. The molecule has 2 aliphatic rings. The summed E-state index contributed by atoms with van der Waals surface area (Å²) < 4.78 is 43.5. The van der Waals surface area contributed by atoms with Crippen molar-refractivity contribution in [1.29, 1.82) is 0 Å². The number of ether oxygens (including phenoxy) is 2. The van der Waals surface area contributed by atoms with E-state index in [-0.39, 0.29) is 29.8 Å². The van der Waals surface area contributed by atoms with Crippen molar-refractivity contribution in [3.05, 3.63) is 48.7 Å². The summed E-state index contributed by atoms with van der Waals surface area (Å²) in [6.45, 7) is 1.69. The Morgan fingerprint density at radius 1 is 1.23 bits per heavy atom. The van der Waals surface area contributed by atoms with Gasteiger partial charge in [0.2, 0.25) is 5.91 Å². The fourth-order valence-electron chi connectivity index (χ4n) is 5.14. The van der Waals surface area contributed by atoms with E-state index in [0.717, 1.165) is 4.31 Å². The van der Waals surface area contributed by atoms with Gasteiger partial charge in [-0.05, 0) is 43.2 Å². The molecule has 0 aliphatic carbocycles. The van der Waals surface area contributed by atoms with Gasteiger partial charge in [-0.15, -0.1) is 0 Å². The minimum absolute atomic E-state index is 0.0546. The van der Waals surface area contributed by atoms with Crippen LogP contribution in [0.5, 0.6) is 11.7 Å². The van der Waals surface area contributed by atoms with E-state index in [1.807, 2.05) is 6.92 Å². The topological polar surface area (TPSA) is 148 Å². The summed E-state index contributed by atoms with van der Waals surface area (Å²) in [6, 6.07) is 8.58. The molecule has 0 bridgehead atoms. The van der Waals surface area contributed by atoms with Crippen LogP contribution in [0.25, 0.3) is 11.0 Å². The SMILES string of the molecule is CCCC(NC(=O)Oc1cc2cc(OC)ccc2o1)C(=O)N1CCC2C1C(=O)CN2S(=O)(=O)c1ccccn1. The maximum Gasteiger partial charge on any atom is 0.415 e. The Morgan fingerprint density at radius 2 is 2.05 bits per heavy atom. The summed E-state index contributed by atoms with van der Waals surface area (Å²) in [7, 11) is -2.48. The van der Waals surface area contributed by atoms with Crippen molar-refractivity contribution in [2.75, 3.05) is 20.2 Å². The summed E-state index contributed by atoms with van der Waals surface area (Å²) in [4.78, 5) is 44.5. The molecule has 12 nitrogen and oxygen atoms in total. The number of furan rings is 1. The maximum atomic E-state index is 13.5. The fourth-order valence-corrected chi connectivity index (χ4v) is 6.70. The Balaban J connectivity index is 1.29. The second-order valence-electron chi connectivity index (χ2n) is 9.36. The number of amides is 2. The van der Waals surface area contributed by atoms with Crippen molar-refractivity contribution in [2.45, 2.75) is 49.3 Å². The van der Waals surface area contributed by atoms with E-state index in [4.69, 9.17) is 13.9 Å². The lowest BCUT2D eigenvalue weighted by molar-refractivity contribution is -0.138. The van der Waals surface area contributed by atoms with Gasteiger partial charge in [0.15, 0.2) is 10.8 Å². The molecule has 3 unspecified atom stereocenters. The number of fused-ring (bicyclic) bond motifs is 2. The average Bonchev–Trinajstić information content (AvgIpc) is 3.62. The molecule has 206 valence electrons. The van der Waals surface area contributed by atoms with E-state index in [9.17, 15) is 22.8 Å². The molecule has 0 saturated carbocycles. The quantitative estimate of drug-likeness (QED) is 0.441. The number of sulfonamides is 1. The van der Waals surface area contributed by atoms with Crippen LogP contribution in [0.1, 0.15) is 26.2 Å². The molecule has 2 aliphatic heterocycles. The number of pyridine rings is 1. The van der Waals surface area contributed by atoms with Crippen LogP contribution in [0.3, 0.4) is 0 Å². The van der Waals surface area contributed by atoms with E-state index in [2.05, 4.69) is 10.3 Å². The number of ketones is 1. The van der Waals surface area contributed by atoms with Crippen molar-refractivity contribution in [3.63, 3.8) is 0 Å². The van der Waals surface area contributed by atoms with E-state index >= 15 is 0 Å². The molecule has 3 aromatic rings. The monoisotopic (exact) mass is 556 g/mol. The Labute approximate surface area is 224 Å². The van der Waals surface area contributed by atoms with Crippen LogP contribution in [0.4, 0.5) is 4.79 Å². The van der Waals surface area contributed by atoms with Crippen molar-refractivity contribution in [2.24, 2.45) is 0 Å². The molecule has 2 amide bonds. The molecule has 0 radical (unpaired) electrons. The van der Waals surface area contributed by atoms with Crippen LogP contribution >= 0.6 is 0 Å². The van der Waals surface area contributed by atoms with Gasteiger partial charge in [0, 0.05) is 24.2 Å². The standard InChI is InChI=1S/C26H28N4O8S/c1-3-6-18(28-26(33)38-23-14-16-13-17(36-2)8-9-21(16)37-23)25(32)29-12-10-19-24(29)20(31)15-30(19)39(34,35)22-7-4-5-11-27-22/h4-5,7-9,11,13-14,18-19,24H,3,6,10,12,15H2,1-2H3,(H,28,33). The lowest BCUT2D eigenvalue weighted by Crippen LogP contribution is -2.53. The normalized spacial score (nSPS) is 20.2. The van der Waals surface area contributed by atoms with Gasteiger partial charge >= 0.3 is 6.09 Å². The third-order valence-electron chi connectivity index (χ3n) is 6.93. The summed E-state index contributed by atoms with van der Waals surface area (Å²) in [5.41, 5.74) is 0.493. The first kappa shape index (κ1) is 26.6. The van der Waals surface area contributed by atoms with E-state index in [1.165, 1.54) is 30.3 Å². The van der Waals surface area contributed by atoms with Crippen LogP contribution in [0.15, 0.2) is 58.1 Å². The second-order valence-corrected chi connectivity index (χ2v) is 11.2. The van der Waals surface area contributed by atoms with E-state index in [0.29, 0.717) is 36.0 Å².